The number of rotatable bonds is 3. The lowest BCUT2D eigenvalue weighted by Crippen LogP contribution is -1.95. The van der Waals surface area contributed by atoms with Crippen LogP contribution in [0.25, 0.3) is 0 Å². The van der Waals surface area contributed by atoms with Crippen molar-refractivity contribution in [2.45, 2.75) is 6.61 Å². The largest absolute Gasteiger partial charge is 0.485 e. The molecule has 0 fully saturated rings. The van der Waals surface area contributed by atoms with Crippen LogP contribution in [0, 0.1) is 5.82 Å². The topological polar surface area (TPSA) is 22.1 Å². The van der Waals surface area contributed by atoms with E-state index >= 15 is 0 Å². The van der Waals surface area contributed by atoms with Gasteiger partial charge in [0.1, 0.15) is 23.2 Å². The van der Waals surface area contributed by atoms with Gasteiger partial charge in [-0.25, -0.2) is 9.37 Å². The Hall–Kier alpha value is -0.940. The Kier molecular flexibility index (Phi) is 3.33. The van der Waals surface area contributed by atoms with Crippen LogP contribution in [0.2, 0.25) is 0 Å². The van der Waals surface area contributed by atoms with Crippen LogP contribution in [0.5, 0.6) is 5.75 Å². The van der Waals surface area contributed by atoms with Crippen molar-refractivity contribution < 1.29 is 9.13 Å². The van der Waals surface area contributed by atoms with Gasteiger partial charge in [0.15, 0.2) is 0 Å². The van der Waals surface area contributed by atoms with E-state index in [0.29, 0.717) is 12.4 Å². The second-order valence-electron chi connectivity index (χ2n) is 2.79. The van der Waals surface area contributed by atoms with Crippen LogP contribution in [0.15, 0.2) is 34.2 Å². The van der Waals surface area contributed by atoms with Crippen molar-refractivity contribution in [3.8, 4) is 5.75 Å². The zero-order chi connectivity index (χ0) is 10.7. The van der Waals surface area contributed by atoms with Gasteiger partial charge in [-0.3, -0.25) is 0 Å². The zero-order valence-corrected chi connectivity index (χ0v) is 10.0. The lowest BCUT2D eigenvalue weighted by atomic mass is 10.3. The van der Waals surface area contributed by atoms with Gasteiger partial charge in [-0.2, -0.15) is 0 Å². The van der Waals surface area contributed by atoms with E-state index in [2.05, 4.69) is 20.9 Å². The Morgan fingerprint density at radius 1 is 1.47 bits per heavy atom. The fourth-order valence-electron chi connectivity index (χ4n) is 1.05. The summed E-state index contributed by atoms with van der Waals surface area (Å²) in [6.07, 6.45) is 1.71. The molecule has 0 N–H and O–H groups in total. The van der Waals surface area contributed by atoms with Gasteiger partial charge in [0.05, 0.1) is 4.47 Å². The fraction of sp³-hybridized carbons (Fsp3) is 0.100. The van der Waals surface area contributed by atoms with Crippen molar-refractivity contribution in [3.63, 3.8) is 0 Å². The van der Waals surface area contributed by atoms with Gasteiger partial charge in [0, 0.05) is 17.6 Å². The second-order valence-corrected chi connectivity index (χ2v) is 4.62. The third kappa shape index (κ3) is 2.76. The molecule has 0 saturated carbocycles. The molecule has 78 valence electrons. The highest BCUT2D eigenvalue weighted by atomic mass is 79.9. The second kappa shape index (κ2) is 4.72. The SMILES string of the molecule is Fc1ccc(Br)c(OCc2nccs2)c1. The van der Waals surface area contributed by atoms with E-state index in [1.165, 1.54) is 23.5 Å². The Morgan fingerprint density at radius 3 is 3.07 bits per heavy atom. The molecule has 0 bridgehead atoms. The quantitative estimate of drug-likeness (QED) is 0.860. The summed E-state index contributed by atoms with van der Waals surface area (Å²) in [7, 11) is 0. The first-order valence-corrected chi connectivity index (χ1v) is 5.89. The molecule has 0 aliphatic rings. The fourth-order valence-corrected chi connectivity index (χ4v) is 1.94. The first-order valence-electron chi connectivity index (χ1n) is 4.22. The monoisotopic (exact) mass is 287 g/mol. The smallest absolute Gasteiger partial charge is 0.140 e. The highest BCUT2D eigenvalue weighted by Gasteiger charge is 2.04. The summed E-state index contributed by atoms with van der Waals surface area (Å²) >= 11 is 4.79. The lowest BCUT2D eigenvalue weighted by molar-refractivity contribution is 0.302. The van der Waals surface area contributed by atoms with Crippen molar-refractivity contribution in [3.05, 3.63) is 45.1 Å². The van der Waals surface area contributed by atoms with Gasteiger partial charge in [0.25, 0.3) is 0 Å². The molecule has 0 spiro atoms. The summed E-state index contributed by atoms with van der Waals surface area (Å²) in [5, 5.41) is 2.74. The number of hydrogen-bond donors (Lipinski definition) is 0. The number of hydrogen-bond acceptors (Lipinski definition) is 3. The number of ether oxygens (including phenoxy) is 1. The molecule has 1 aromatic heterocycles. The zero-order valence-electron chi connectivity index (χ0n) is 7.61. The minimum Gasteiger partial charge on any atom is -0.485 e. The molecule has 1 aromatic carbocycles. The highest BCUT2D eigenvalue weighted by Crippen LogP contribution is 2.26. The van der Waals surface area contributed by atoms with Crippen molar-refractivity contribution in [1.29, 1.82) is 0 Å². The summed E-state index contributed by atoms with van der Waals surface area (Å²) in [5.41, 5.74) is 0. The van der Waals surface area contributed by atoms with Gasteiger partial charge in [-0.15, -0.1) is 11.3 Å². The summed E-state index contributed by atoms with van der Waals surface area (Å²) < 4.78 is 19.1. The van der Waals surface area contributed by atoms with E-state index in [0.717, 1.165) is 9.48 Å². The Morgan fingerprint density at radius 2 is 2.33 bits per heavy atom. The van der Waals surface area contributed by atoms with Crippen molar-refractivity contribution in [2.75, 3.05) is 0 Å². The Balaban J connectivity index is 2.07. The van der Waals surface area contributed by atoms with Crippen LogP contribution in [0.3, 0.4) is 0 Å². The van der Waals surface area contributed by atoms with Crippen LogP contribution in [0.4, 0.5) is 4.39 Å². The van der Waals surface area contributed by atoms with Crippen LogP contribution in [-0.4, -0.2) is 4.98 Å². The Bertz CT molecular complexity index is 447. The first kappa shape index (κ1) is 10.6. The van der Waals surface area contributed by atoms with Crippen LogP contribution in [0.1, 0.15) is 5.01 Å². The van der Waals surface area contributed by atoms with Crippen molar-refractivity contribution in [1.82, 2.24) is 4.98 Å². The number of halogens is 2. The van der Waals surface area contributed by atoms with E-state index in [9.17, 15) is 4.39 Å². The molecule has 0 aliphatic carbocycles. The minimum atomic E-state index is -0.313. The molecule has 0 unspecified atom stereocenters. The third-order valence-electron chi connectivity index (χ3n) is 1.73. The van der Waals surface area contributed by atoms with Crippen LogP contribution in [-0.2, 0) is 6.61 Å². The minimum absolute atomic E-state index is 0.313. The molecule has 0 amide bonds. The maximum atomic E-state index is 12.9. The predicted molar refractivity (Wildman–Crippen MR) is 60.5 cm³/mol. The molecule has 2 aromatic rings. The van der Waals surface area contributed by atoms with E-state index in [1.54, 1.807) is 12.3 Å². The van der Waals surface area contributed by atoms with E-state index in [4.69, 9.17) is 4.74 Å². The summed E-state index contributed by atoms with van der Waals surface area (Å²) in [5.74, 6) is 0.178. The lowest BCUT2D eigenvalue weighted by Gasteiger charge is -2.05. The summed E-state index contributed by atoms with van der Waals surface area (Å²) in [6, 6.07) is 4.34. The molecule has 0 atom stereocenters. The molecule has 0 saturated heterocycles. The van der Waals surface area contributed by atoms with Crippen LogP contribution < -0.4 is 4.74 Å². The van der Waals surface area contributed by atoms with Gasteiger partial charge in [-0.05, 0) is 28.1 Å². The van der Waals surface area contributed by atoms with Crippen molar-refractivity contribution in [2.24, 2.45) is 0 Å². The molecular weight excluding hydrogens is 281 g/mol. The molecule has 1 heterocycles. The predicted octanol–water partition coefficient (Wildman–Crippen LogP) is 3.62. The first-order chi connectivity index (χ1) is 7.25. The molecule has 0 aliphatic heterocycles. The Labute approximate surface area is 98.9 Å². The summed E-state index contributed by atoms with van der Waals surface area (Å²) in [4.78, 5) is 4.07. The maximum absolute atomic E-state index is 12.9. The molecule has 0 radical (unpaired) electrons. The van der Waals surface area contributed by atoms with Gasteiger partial charge in [-0.1, -0.05) is 0 Å². The van der Waals surface area contributed by atoms with E-state index in [-0.39, 0.29) is 5.82 Å². The standard InChI is InChI=1S/C10H7BrFNOS/c11-8-2-1-7(12)5-9(8)14-6-10-13-3-4-15-10/h1-5H,6H2. The van der Waals surface area contributed by atoms with E-state index in [1.807, 2.05) is 5.38 Å². The normalized spacial score (nSPS) is 10.3. The number of thiazole rings is 1. The number of benzene rings is 1. The molecular formula is C10H7BrFNOS. The number of nitrogens with zero attached hydrogens (tertiary/aromatic N) is 1. The maximum Gasteiger partial charge on any atom is 0.140 e. The summed E-state index contributed by atoms with van der Waals surface area (Å²) in [6.45, 7) is 0.361. The van der Waals surface area contributed by atoms with E-state index < -0.39 is 0 Å². The van der Waals surface area contributed by atoms with Crippen LogP contribution >= 0.6 is 27.3 Å². The molecule has 2 rings (SSSR count). The van der Waals surface area contributed by atoms with Gasteiger partial charge in [0.2, 0.25) is 0 Å². The number of aromatic nitrogens is 1. The average Bonchev–Trinajstić information content (AvgIpc) is 2.72. The van der Waals surface area contributed by atoms with Crippen molar-refractivity contribution >= 4 is 27.3 Å². The third-order valence-corrected chi connectivity index (χ3v) is 3.14. The molecule has 5 heteroatoms. The van der Waals surface area contributed by atoms with Gasteiger partial charge >= 0.3 is 0 Å². The van der Waals surface area contributed by atoms with Gasteiger partial charge < -0.3 is 4.74 Å². The molecule has 2 nitrogen and oxygen atoms in total. The average molecular weight is 288 g/mol. The molecule has 15 heavy (non-hydrogen) atoms. The highest BCUT2D eigenvalue weighted by molar-refractivity contribution is 9.10.